The number of likely N-dealkylation sites (tertiary alicyclic amines) is 1. The van der Waals surface area contributed by atoms with E-state index in [-0.39, 0.29) is 12.1 Å². The highest BCUT2D eigenvalue weighted by Crippen LogP contribution is 2.24. The molecular weight excluding hydrogens is 306 g/mol. The maximum atomic E-state index is 5.95. The van der Waals surface area contributed by atoms with Gasteiger partial charge in [-0.15, -0.1) is 0 Å². The van der Waals surface area contributed by atoms with Crippen LogP contribution in [0, 0.1) is 0 Å². The molecule has 2 heterocycles. The van der Waals surface area contributed by atoms with Crippen molar-refractivity contribution in [3.8, 4) is 5.75 Å². The Balaban J connectivity index is 1.82. The molecule has 0 bridgehead atoms. The van der Waals surface area contributed by atoms with Crippen LogP contribution in [-0.2, 0) is 6.54 Å². The monoisotopic (exact) mass is 329 g/mol. The number of benzene rings is 1. The minimum Gasteiger partial charge on any atom is -0.491 e. The highest BCUT2D eigenvalue weighted by molar-refractivity contribution is 5.80. The first-order valence-corrected chi connectivity index (χ1v) is 8.22. The number of nitrogen functional groups attached to an aromatic ring is 1. The maximum Gasteiger partial charge on any atom is 0.263 e. The van der Waals surface area contributed by atoms with Gasteiger partial charge in [0.25, 0.3) is 5.95 Å². The molecule has 1 saturated heterocycles. The molecule has 1 fully saturated rings. The highest BCUT2D eigenvalue weighted by atomic mass is 16.5. The molecule has 0 spiro atoms. The molecule has 0 unspecified atom stereocenters. The topological polar surface area (TPSA) is 94.4 Å². The Hall–Kier alpha value is -2.48. The van der Waals surface area contributed by atoms with Gasteiger partial charge in [0.1, 0.15) is 5.75 Å². The van der Waals surface area contributed by atoms with E-state index in [0.717, 1.165) is 30.9 Å². The summed E-state index contributed by atoms with van der Waals surface area (Å²) in [4.78, 5) is 3.64. The Morgan fingerprint density at radius 2 is 2.12 bits per heavy atom. The van der Waals surface area contributed by atoms with Crippen LogP contribution in [-0.4, -0.2) is 50.6 Å². The molecule has 0 radical (unpaired) electrons. The Morgan fingerprint density at radius 1 is 1.33 bits per heavy atom. The predicted molar refractivity (Wildman–Crippen MR) is 91.9 cm³/mol. The zero-order chi connectivity index (χ0) is 16.9. The van der Waals surface area contributed by atoms with Gasteiger partial charge in [0.05, 0.1) is 12.3 Å². The number of tetrazole rings is 1. The second kappa shape index (κ2) is 7.39. The van der Waals surface area contributed by atoms with Crippen LogP contribution in [0.5, 0.6) is 5.75 Å². The Kier molecular flexibility index (Phi) is 5.05. The standard InChI is InChI=1S/C16H23N7O/c1-12(2)24-15-6-5-13(10-18-23-16(17)19-20-21-23)9-14(15)11-22-7-3-4-8-22/h5-6,9-10,12H,3-4,7-8,11H2,1-2H3,(H2,17,19,21)/b18-10+. The summed E-state index contributed by atoms with van der Waals surface area (Å²) >= 11 is 0. The summed E-state index contributed by atoms with van der Waals surface area (Å²) in [5.41, 5.74) is 7.73. The normalized spacial score (nSPS) is 15.6. The van der Waals surface area contributed by atoms with Crippen LogP contribution in [0.1, 0.15) is 37.8 Å². The fourth-order valence-corrected chi connectivity index (χ4v) is 2.75. The molecule has 2 aromatic rings. The largest absolute Gasteiger partial charge is 0.491 e. The number of nitrogens with two attached hydrogens (primary N) is 1. The summed E-state index contributed by atoms with van der Waals surface area (Å²) in [6.45, 7) is 7.24. The quantitative estimate of drug-likeness (QED) is 0.808. The van der Waals surface area contributed by atoms with Crippen molar-refractivity contribution in [2.45, 2.75) is 39.3 Å². The van der Waals surface area contributed by atoms with Crippen molar-refractivity contribution in [3.63, 3.8) is 0 Å². The van der Waals surface area contributed by atoms with E-state index in [4.69, 9.17) is 10.5 Å². The maximum absolute atomic E-state index is 5.95. The molecule has 0 atom stereocenters. The second-order valence-corrected chi connectivity index (χ2v) is 6.19. The second-order valence-electron chi connectivity index (χ2n) is 6.19. The van der Waals surface area contributed by atoms with Gasteiger partial charge >= 0.3 is 0 Å². The average molecular weight is 329 g/mol. The summed E-state index contributed by atoms with van der Waals surface area (Å²) in [7, 11) is 0. The third kappa shape index (κ3) is 4.08. The summed E-state index contributed by atoms with van der Waals surface area (Å²) in [6.07, 6.45) is 4.36. The van der Waals surface area contributed by atoms with Gasteiger partial charge in [-0.05, 0) is 74.0 Å². The van der Waals surface area contributed by atoms with Gasteiger partial charge in [0.15, 0.2) is 0 Å². The van der Waals surface area contributed by atoms with Crippen molar-refractivity contribution in [2.24, 2.45) is 5.10 Å². The number of aromatic nitrogens is 4. The molecule has 24 heavy (non-hydrogen) atoms. The summed E-state index contributed by atoms with van der Waals surface area (Å²) in [5, 5.41) is 14.9. The first-order chi connectivity index (χ1) is 11.6. The lowest BCUT2D eigenvalue weighted by Gasteiger charge is -2.19. The van der Waals surface area contributed by atoms with Gasteiger partial charge in [-0.1, -0.05) is 9.89 Å². The zero-order valence-electron chi connectivity index (χ0n) is 14.1. The molecule has 128 valence electrons. The van der Waals surface area contributed by atoms with Crippen molar-refractivity contribution in [2.75, 3.05) is 18.8 Å². The van der Waals surface area contributed by atoms with Crippen LogP contribution in [0.3, 0.4) is 0 Å². The lowest BCUT2D eigenvalue weighted by Crippen LogP contribution is -2.19. The number of rotatable bonds is 6. The minimum atomic E-state index is 0.142. The summed E-state index contributed by atoms with van der Waals surface area (Å²) in [5.74, 6) is 1.08. The average Bonchev–Trinajstić information content (AvgIpc) is 3.19. The van der Waals surface area contributed by atoms with Gasteiger partial charge in [-0.2, -0.15) is 5.10 Å². The van der Waals surface area contributed by atoms with Crippen LogP contribution < -0.4 is 10.5 Å². The smallest absolute Gasteiger partial charge is 0.263 e. The fourth-order valence-electron chi connectivity index (χ4n) is 2.75. The molecule has 1 aliphatic rings. The van der Waals surface area contributed by atoms with Crippen molar-refractivity contribution < 1.29 is 4.74 Å². The summed E-state index contributed by atoms with van der Waals surface area (Å²) in [6, 6.07) is 6.06. The van der Waals surface area contributed by atoms with Crippen molar-refractivity contribution in [1.29, 1.82) is 0 Å². The Morgan fingerprint density at radius 3 is 2.79 bits per heavy atom. The number of anilines is 1. The molecule has 1 aromatic carbocycles. The van der Waals surface area contributed by atoms with Gasteiger partial charge in [-0.25, -0.2) is 0 Å². The van der Waals surface area contributed by atoms with Gasteiger partial charge in [0.2, 0.25) is 0 Å². The van der Waals surface area contributed by atoms with E-state index in [0.29, 0.717) is 0 Å². The third-order valence-corrected chi connectivity index (χ3v) is 3.83. The van der Waals surface area contributed by atoms with E-state index < -0.39 is 0 Å². The first-order valence-electron chi connectivity index (χ1n) is 8.22. The Bertz CT molecular complexity index is 704. The molecular formula is C16H23N7O. The first kappa shape index (κ1) is 16.4. The SMILES string of the molecule is CC(C)Oc1ccc(/C=N/n2nnnc2N)cc1CN1CCCC1. The van der Waals surface area contributed by atoms with Crippen LogP contribution in [0.25, 0.3) is 0 Å². The molecule has 2 N–H and O–H groups in total. The lowest BCUT2D eigenvalue weighted by molar-refractivity contribution is 0.234. The van der Waals surface area contributed by atoms with Crippen LogP contribution in [0.4, 0.5) is 5.95 Å². The molecule has 0 amide bonds. The minimum absolute atomic E-state index is 0.142. The van der Waals surface area contributed by atoms with Gasteiger partial charge in [0, 0.05) is 12.1 Å². The van der Waals surface area contributed by atoms with Crippen LogP contribution in [0.2, 0.25) is 0 Å². The van der Waals surface area contributed by atoms with E-state index in [9.17, 15) is 0 Å². The van der Waals surface area contributed by atoms with E-state index in [1.807, 2.05) is 26.0 Å². The molecule has 8 nitrogen and oxygen atoms in total. The molecule has 1 aromatic heterocycles. The van der Waals surface area contributed by atoms with E-state index in [1.54, 1.807) is 6.21 Å². The van der Waals surface area contributed by atoms with E-state index in [1.165, 1.54) is 23.2 Å². The van der Waals surface area contributed by atoms with Crippen LogP contribution >= 0.6 is 0 Å². The number of hydrogen-bond donors (Lipinski definition) is 1. The number of ether oxygens (including phenoxy) is 1. The molecule has 1 aliphatic heterocycles. The predicted octanol–water partition coefficient (Wildman–Crippen LogP) is 1.52. The summed E-state index contributed by atoms with van der Waals surface area (Å²) < 4.78 is 5.95. The number of hydrogen-bond acceptors (Lipinski definition) is 7. The Labute approximate surface area is 141 Å². The van der Waals surface area contributed by atoms with E-state index in [2.05, 4.69) is 31.6 Å². The molecule has 0 saturated carbocycles. The zero-order valence-corrected chi connectivity index (χ0v) is 14.1. The lowest BCUT2D eigenvalue weighted by atomic mass is 10.1. The van der Waals surface area contributed by atoms with Crippen molar-refractivity contribution in [3.05, 3.63) is 29.3 Å². The molecule has 8 heteroatoms. The number of nitrogens with zero attached hydrogens (tertiary/aromatic N) is 6. The van der Waals surface area contributed by atoms with Crippen molar-refractivity contribution in [1.82, 2.24) is 25.2 Å². The van der Waals surface area contributed by atoms with Gasteiger partial charge < -0.3 is 10.5 Å². The molecule has 3 rings (SSSR count). The van der Waals surface area contributed by atoms with Crippen LogP contribution in [0.15, 0.2) is 23.3 Å². The van der Waals surface area contributed by atoms with E-state index >= 15 is 0 Å². The third-order valence-electron chi connectivity index (χ3n) is 3.83. The van der Waals surface area contributed by atoms with Crippen molar-refractivity contribution >= 4 is 12.2 Å². The fraction of sp³-hybridized carbons (Fsp3) is 0.500. The molecule has 0 aliphatic carbocycles. The van der Waals surface area contributed by atoms with Gasteiger partial charge in [-0.3, -0.25) is 4.90 Å². The highest BCUT2D eigenvalue weighted by Gasteiger charge is 2.15.